The fourth-order valence-electron chi connectivity index (χ4n) is 3.72. The summed E-state index contributed by atoms with van der Waals surface area (Å²) in [5.41, 5.74) is -0.729. The third-order valence-corrected chi connectivity index (χ3v) is 5.51. The predicted octanol–water partition coefficient (Wildman–Crippen LogP) is 3.35. The second-order valence-corrected chi connectivity index (χ2v) is 7.17. The molecule has 0 aliphatic heterocycles. The standard InChI is InChI=1S/C17H29NO3/c1-13-8-10-17(11-9-13,16(20)21)12-18-15(19)14-6-4-2-3-5-7-14/h13-14H,2-12H2,1H3,(H,18,19)(H,20,21). The van der Waals surface area contributed by atoms with Gasteiger partial charge in [0.25, 0.3) is 0 Å². The number of carboxylic acids is 1. The second kappa shape index (κ2) is 7.28. The average Bonchev–Trinajstić information content (AvgIpc) is 2.75. The van der Waals surface area contributed by atoms with Gasteiger partial charge >= 0.3 is 5.97 Å². The second-order valence-electron chi connectivity index (χ2n) is 7.17. The van der Waals surface area contributed by atoms with Crippen LogP contribution in [0.2, 0.25) is 0 Å². The molecule has 0 spiro atoms. The minimum absolute atomic E-state index is 0.0798. The lowest BCUT2D eigenvalue weighted by atomic mass is 9.70. The summed E-state index contributed by atoms with van der Waals surface area (Å²) in [7, 11) is 0. The Morgan fingerprint density at radius 1 is 1.05 bits per heavy atom. The molecule has 1 amide bonds. The van der Waals surface area contributed by atoms with Crippen molar-refractivity contribution in [1.82, 2.24) is 5.32 Å². The van der Waals surface area contributed by atoms with Crippen LogP contribution < -0.4 is 5.32 Å². The van der Waals surface area contributed by atoms with Gasteiger partial charge in [0.2, 0.25) is 5.91 Å². The minimum Gasteiger partial charge on any atom is -0.481 e. The highest BCUT2D eigenvalue weighted by atomic mass is 16.4. The monoisotopic (exact) mass is 295 g/mol. The van der Waals surface area contributed by atoms with Crippen molar-refractivity contribution in [3.05, 3.63) is 0 Å². The Kier molecular flexibility index (Phi) is 5.65. The average molecular weight is 295 g/mol. The Labute approximate surface area is 127 Å². The number of carboxylic acid groups (broad SMARTS) is 1. The van der Waals surface area contributed by atoms with Crippen molar-refractivity contribution in [3.63, 3.8) is 0 Å². The molecule has 0 saturated heterocycles. The summed E-state index contributed by atoms with van der Waals surface area (Å²) in [4.78, 5) is 24.0. The summed E-state index contributed by atoms with van der Waals surface area (Å²) >= 11 is 0. The zero-order valence-corrected chi connectivity index (χ0v) is 13.2. The first-order valence-electron chi connectivity index (χ1n) is 8.55. The van der Waals surface area contributed by atoms with Gasteiger partial charge in [0.15, 0.2) is 0 Å². The summed E-state index contributed by atoms with van der Waals surface area (Å²) < 4.78 is 0. The van der Waals surface area contributed by atoms with Gasteiger partial charge in [-0.2, -0.15) is 0 Å². The molecule has 0 bridgehead atoms. The van der Waals surface area contributed by atoms with Crippen molar-refractivity contribution < 1.29 is 14.7 Å². The van der Waals surface area contributed by atoms with E-state index in [4.69, 9.17) is 0 Å². The molecule has 2 rings (SSSR count). The molecule has 4 heteroatoms. The van der Waals surface area contributed by atoms with Crippen LogP contribution in [0.15, 0.2) is 0 Å². The molecule has 2 aliphatic carbocycles. The van der Waals surface area contributed by atoms with Crippen molar-refractivity contribution in [2.45, 2.75) is 71.1 Å². The summed E-state index contributed by atoms with van der Waals surface area (Å²) in [6.07, 6.45) is 9.90. The number of rotatable bonds is 4. The molecule has 2 saturated carbocycles. The number of nitrogens with one attached hydrogen (secondary N) is 1. The van der Waals surface area contributed by atoms with E-state index in [1.54, 1.807) is 0 Å². The van der Waals surface area contributed by atoms with E-state index in [1.807, 2.05) is 0 Å². The van der Waals surface area contributed by atoms with Crippen molar-refractivity contribution >= 4 is 11.9 Å². The van der Waals surface area contributed by atoms with Gasteiger partial charge in [-0.25, -0.2) is 0 Å². The van der Waals surface area contributed by atoms with Crippen LogP contribution in [0.5, 0.6) is 0 Å². The number of carbonyl (C=O) groups is 2. The van der Waals surface area contributed by atoms with E-state index in [-0.39, 0.29) is 11.8 Å². The Hall–Kier alpha value is -1.06. The molecule has 21 heavy (non-hydrogen) atoms. The topological polar surface area (TPSA) is 66.4 Å². The zero-order valence-electron chi connectivity index (χ0n) is 13.2. The number of amides is 1. The maximum absolute atomic E-state index is 12.3. The number of aliphatic carboxylic acids is 1. The van der Waals surface area contributed by atoms with Crippen LogP contribution in [-0.2, 0) is 9.59 Å². The fourth-order valence-corrected chi connectivity index (χ4v) is 3.72. The molecule has 0 aromatic heterocycles. The molecule has 2 aliphatic rings. The number of carbonyl (C=O) groups excluding carboxylic acids is 1. The van der Waals surface area contributed by atoms with Gasteiger partial charge in [-0.1, -0.05) is 32.6 Å². The van der Waals surface area contributed by atoms with E-state index in [2.05, 4.69) is 12.2 Å². The first kappa shape index (κ1) is 16.3. The van der Waals surface area contributed by atoms with E-state index in [0.717, 1.165) is 38.5 Å². The van der Waals surface area contributed by atoms with Crippen LogP contribution in [0, 0.1) is 17.3 Å². The van der Waals surface area contributed by atoms with E-state index in [1.165, 1.54) is 12.8 Å². The molecule has 0 aromatic carbocycles. The van der Waals surface area contributed by atoms with Gasteiger partial charge in [0.05, 0.1) is 5.41 Å². The zero-order chi connectivity index (χ0) is 15.3. The molecule has 0 atom stereocenters. The van der Waals surface area contributed by atoms with Crippen LogP contribution >= 0.6 is 0 Å². The molecule has 120 valence electrons. The predicted molar refractivity (Wildman–Crippen MR) is 81.9 cm³/mol. The third kappa shape index (κ3) is 4.21. The van der Waals surface area contributed by atoms with Gasteiger partial charge in [0.1, 0.15) is 0 Å². The molecule has 2 N–H and O–H groups in total. The third-order valence-electron chi connectivity index (χ3n) is 5.51. The van der Waals surface area contributed by atoms with Crippen LogP contribution in [0.1, 0.15) is 71.1 Å². The largest absolute Gasteiger partial charge is 0.481 e. The van der Waals surface area contributed by atoms with Crippen LogP contribution in [0.25, 0.3) is 0 Å². The lowest BCUT2D eigenvalue weighted by molar-refractivity contribution is -0.151. The maximum atomic E-state index is 12.3. The van der Waals surface area contributed by atoms with Gasteiger partial charge in [-0.05, 0) is 44.4 Å². The Bertz CT molecular complexity index is 364. The van der Waals surface area contributed by atoms with Gasteiger partial charge in [0, 0.05) is 12.5 Å². The number of hydrogen-bond donors (Lipinski definition) is 2. The molecular formula is C17H29NO3. The van der Waals surface area contributed by atoms with E-state index < -0.39 is 11.4 Å². The summed E-state index contributed by atoms with van der Waals surface area (Å²) in [5.74, 6) is 0.0441. The van der Waals surface area contributed by atoms with Gasteiger partial charge < -0.3 is 10.4 Å². The van der Waals surface area contributed by atoms with Gasteiger partial charge in [-0.15, -0.1) is 0 Å². The van der Waals surface area contributed by atoms with E-state index >= 15 is 0 Å². The highest BCUT2D eigenvalue weighted by Crippen LogP contribution is 2.38. The fraction of sp³-hybridized carbons (Fsp3) is 0.882. The maximum Gasteiger partial charge on any atom is 0.311 e. The van der Waals surface area contributed by atoms with Gasteiger partial charge in [-0.3, -0.25) is 9.59 Å². The summed E-state index contributed by atoms with van der Waals surface area (Å²) in [6, 6.07) is 0. The lowest BCUT2D eigenvalue weighted by Gasteiger charge is -2.36. The van der Waals surface area contributed by atoms with E-state index in [0.29, 0.717) is 25.3 Å². The molecule has 0 unspecified atom stereocenters. The molecular weight excluding hydrogens is 266 g/mol. The van der Waals surface area contributed by atoms with Crippen molar-refractivity contribution in [2.75, 3.05) is 6.54 Å². The first-order chi connectivity index (χ1) is 10.0. The summed E-state index contributed by atoms with van der Waals surface area (Å²) in [5, 5.41) is 12.6. The van der Waals surface area contributed by atoms with Crippen molar-refractivity contribution in [3.8, 4) is 0 Å². The molecule has 2 fully saturated rings. The van der Waals surface area contributed by atoms with Crippen LogP contribution in [-0.4, -0.2) is 23.5 Å². The van der Waals surface area contributed by atoms with Crippen LogP contribution in [0.3, 0.4) is 0 Å². The van der Waals surface area contributed by atoms with E-state index in [9.17, 15) is 14.7 Å². The normalized spacial score (nSPS) is 31.4. The number of hydrogen-bond acceptors (Lipinski definition) is 2. The summed E-state index contributed by atoms with van der Waals surface area (Å²) in [6.45, 7) is 2.49. The molecule has 0 radical (unpaired) electrons. The smallest absolute Gasteiger partial charge is 0.311 e. The highest BCUT2D eigenvalue weighted by molar-refractivity contribution is 5.80. The SMILES string of the molecule is CC1CCC(CNC(=O)C2CCCCCC2)(C(=O)O)CC1. The first-order valence-corrected chi connectivity index (χ1v) is 8.55. The Morgan fingerprint density at radius 2 is 1.62 bits per heavy atom. The molecule has 0 aromatic rings. The van der Waals surface area contributed by atoms with Crippen LogP contribution in [0.4, 0.5) is 0 Å². The van der Waals surface area contributed by atoms with Crippen molar-refractivity contribution in [1.29, 1.82) is 0 Å². The Balaban J connectivity index is 1.89. The lowest BCUT2D eigenvalue weighted by Crippen LogP contribution is -2.46. The molecule has 4 nitrogen and oxygen atoms in total. The quantitative estimate of drug-likeness (QED) is 0.782. The highest BCUT2D eigenvalue weighted by Gasteiger charge is 2.41. The minimum atomic E-state index is -0.740. The molecule has 0 heterocycles. The van der Waals surface area contributed by atoms with Crippen molar-refractivity contribution in [2.24, 2.45) is 17.3 Å². The Morgan fingerprint density at radius 3 is 2.14 bits per heavy atom.